The highest BCUT2D eigenvalue weighted by atomic mass is 19.3. The Morgan fingerprint density at radius 2 is 2.10 bits per heavy atom. The van der Waals surface area contributed by atoms with Crippen molar-refractivity contribution in [3.05, 3.63) is 11.6 Å². The molecule has 0 radical (unpaired) electrons. The predicted molar refractivity (Wildman–Crippen MR) is 63.0 cm³/mol. The van der Waals surface area contributed by atoms with Crippen molar-refractivity contribution in [2.45, 2.75) is 25.3 Å². The molecule has 2 N–H and O–H groups in total. The zero-order chi connectivity index (χ0) is 14.9. The van der Waals surface area contributed by atoms with E-state index in [-0.39, 0.29) is 37.3 Å². The number of nitrogens with zero attached hydrogens (tertiary/aromatic N) is 1. The van der Waals surface area contributed by atoms with Crippen LogP contribution in [0.4, 0.5) is 8.78 Å². The van der Waals surface area contributed by atoms with Crippen molar-refractivity contribution in [1.82, 2.24) is 10.2 Å². The summed E-state index contributed by atoms with van der Waals surface area (Å²) in [6.45, 7) is -0.731. The van der Waals surface area contributed by atoms with Gasteiger partial charge in [-0.2, -0.15) is 0 Å². The van der Waals surface area contributed by atoms with E-state index in [1.165, 1.54) is 0 Å². The number of rotatable bonds is 7. The molecule has 0 aromatic rings. The van der Waals surface area contributed by atoms with Crippen molar-refractivity contribution in [1.29, 1.82) is 0 Å². The number of carboxylic acid groups (broad SMARTS) is 1. The van der Waals surface area contributed by atoms with Crippen LogP contribution in [-0.4, -0.2) is 53.3 Å². The van der Waals surface area contributed by atoms with Gasteiger partial charge < -0.3 is 15.3 Å². The summed E-state index contributed by atoms with van der Waals surface area (Å²) in [5.74, 6) is -2.07. The van der Waals surface area contributed by atoms with Gasteiger partial charge in [-0.1, -0.05) is 6.08 Å². The number of hydrogen-bond donors (Lipinski definition) is 2. The first-order valence-corrected chi connectivity index (χ1v) is 6.17. The minimum atomic E-state index is -2.68. The molecule has 0 bridgehead atoms. The quantitative estimate of drug-likeness (QED) is 0.510. The minimum Gasteiger partial charge on any atom is -0.481 e. The van der Waals surface area contributed by atoms with Crippen LogP contribution >= 0.6 is 0 Å². The van der Waals surface area contributed by atoms with Crippen LogP contribution in [0.5, 0.6) is 0 Å². The Labute approximate surface area is 113 Å². The number of carboxylic acids is 1. The number of β-lactam (4-membered cyclic amide) rings is 1. The standard InChI is InChI=1S/C12H14F2N2O4/c13-8(14)5-16(9(17)1-2-10(18)19)4-6-3-7-11(6)15-12(7)20/h3,7-8,11H,1-2,4-5H2,(H,15,20)(H,18,19). The van der Waals surface area contributed by atoms with Gasteiger partial charge in [0.15, 0.2) is 0 Å². The van der Waals surface area contributed by atoms with E-state index in [9.17, 15) is 23.2 Å². The van der Waals surface area contributed by atoms with Crippen LogP contribution in [0.15, 0.2) is 11.6 Å². The van der Waals surface area contributed by atoms with E-state index in [4.69, 9.17) is 5.11 Å². The summed E-state index contributed by atoms with van der Waals surface area (Å²) in [6, 6.07) is -0.157. The fourth-order valence-corrected chi connectivity index (χ4v) is 2.27. The number of carbonyl (C=O) groups is 3. The topological polar surface area (TPSA) is 86.7 Å². The van der Waals surface area contributed by atoms with Gasteiger partial charge in [-0.25, -0.2) is 8.78 Å². The third-order valence-corrected chi connectivity index (χ3v) is 3.39. The van der Waals surface area contributed by atoms with E-state index in [2.05, 4.69) is 5.32 Å². The molecule has 1 fully saturated rings. The molecule has 2 aliphatic rings. The largest absolute Gasteiger partial charge is 0.481 e. The van der Waals surface area contributed by atoms with Crippen LogP contribution in [0.2, 0.25) is 0 Å². The lowest BCUT2D eigenvalue weighted by Crippen LogP contribution is -2.64. The molecule has 0 spiro atoms. The highest BCUT2D eigenvalue weighted by Gasteiger charge is 2.47. The maximum absolute atomic E-state index is 12.5. The lowest BCUT2D eigenvalue weighted by molar-refractivity contribution is -0.141. The maximum atomic E-state index is 12.5. The summed E-state index contributed by atoms with van der Waals surface area (Å²) in [5, 5.41) is 11.1. The first kappa shape index (κ1) is 14.4. The van der Waals surface area contributed by atoms with Crippen molar-refractivity contribution >= 4 is 17.8 Å². The van der Waals surface area contributed by atoms with Gasteiger partial charge in [-0.3, -0.25) is 14.4 Å². The predicted octanol–water partition coefficient (Wildman–Crippen LogP) is -0.000500. The number of aliphatic carboxylic acids is 1. The van der Waals surface area contributed by atoms with E-state index in [0.29, 0.717) is 0 Å². The first-order valence-electron chi connectivity index (χ1n) is 6.17. The fourth-order valence-electron chi connectivity index (χ4n) is 2.27. The number of halogens is 2. The molecule has 2 rings (SSSR count). The Kier molecular flexibility index (Phi) is 4.01. The summed E-state index contributed by atoms with van der Waals surface area (Å²) in [7, 11) is 0. The molecular formula is C12H14F2N2O4. The summed E-state index contributed by atoms with van der Waals surface area (Å²) >= 11 is 0. The summed E-state index contributed by atoms with van der Waals surface area (Å²) < 4.78 is 24.9. The Bertz CT molecular complexity index is 478. The van der Waals surface area contributed by atoms with Crippen LogP contribution in [0, 0.1) is 5.92 Å². The molecule has 1 aliphatic heterocycles. The number of nitrogens with one attached hydrogen (secondary N) is 1. The van der Waals surface area contributed by atoms with Gasteiger partial charge in [-0.05, 0) is 5.57 Å². The van der Waals surface area contributed by atoms with Gasteiger partial charge in [0.25, 0.3) is 6.43 Å². The summed E-state index contributed by atoms with van der Waals surface area (Å²) in [5.41, 5.74) is 0.721. The zero-order valence-electron chi connectivity index (χ0n) is 10.5. The molecule has 1 saturated heterocycles. The molecule has 8 heteroatoms. The van der Waals surface area contributed by atoms with Crippen molar-refractivity contribution < 1.29 is 28.3 Å². The molecule has 110 valence electrons. The van der Waals surface area contributed by atoms with E-state index in [1.807, 2.05) is 0 Å². The lowest BCUT2D eigenvalue weighted by atomic mass is 9.73. The van der Waals surface area contributed by atoms with E-state index < -0.39 is 24.8 Å². The number of carbonyl (C=O) groups excluding carboxylic acids is 2. The van der Waals surface area contributed by atoms with Gasteiger partial charge in [0, 0.05) is 13.0 Å². The minimum absolute atomic E-state index is 0.00421. The van der Waals surface area contributed by atoms with Gasteiger partial charge in [0.05, 0.1) is 24.9 Å². The monoisotopic (exact) mass is 288 g/mol. The maximum Gasteiger partial charge on any atom is 0.303 e. The van der Waals surface area contributed by atoms with E-state index in [1.54, 1.807) is 6.08 Å². The number of fused-ring (bicyclic) bond motifs is 1. The Morgan fingerprint density at radius 3 is 2.55 bits per heavy atom. The van der Waals surface area contributed by atoms with E-state index >= 15 is 0 Å². The zero-order valence-corrected chi connectivity index (χ0v) is 10.5. The average Bonchev–Trinajstić information content (AvgIpc) is 2.35. The van der Waals surface area contributed by atoms with Crippen LogP contribution in [-0.2, 0) is 14.4 Å². The number of amides is 2. The molecule has 2 amide bonds. The molecule has 0 saturated carbocycles. The molecule has 2 atom stereocenters. The molecule has 1 aliphatic carbocycles. The van der Waals surface area contributed by atoms with Gasteiger partial charge >= 0.3 is 5.97 Å². The highest BCUT2D eigenvalue weighted by molar-refractivity contribution is 5.92. The second-order valence-electron chi connectivity index (χ2n) is 4.81. The van der Waals surface area contributed by atoms with Crippen molar-refractivity contribution in [3.8, 4) is 0 Å². The molecular weight excluding hydrogens is 274 g/mol. The second kappa shape index (κ2) is 5.56. The molecule has 0 aromatic heterocycles. The lowest BCUT2D eigenvalue weighted by Gasteiger charge is -2.45. The van der Waals surface area contributed by atoms with Crippen LogP contribution < -0.4 is 5.32 Å². The highest BCUT2D eigenvalue weighted by Crippen LogP contribution is 2.34. The number of alkyl halides is 2. The smallest absolute Gasteiger partial charge is 0.303 e. The van der Waals surface area contributed by atoms with Crippen LogP contribution in [0.25, 0.3) is 0 Å². The van der Waals surface area contributed by atoms with E-state index in [0.717, 1.165) is 10.5 Å². The van der Waals surface area contributed by atoms with Crippen LogP contribution in [0.3, 0.4) is 0 Å². The molecule has 0 aromatic carbocycles. The third-order valence-electron chi connectivity index (χ3n) is 3.39. The Morgan fingerprint density at radius 1 is 1.40 bits per heavy atom. The average molecular weight is 288 g/mol. The SMILES string of the molecule is O=C(O)CCC(=O)N(CC1=CC2C(=O)NC12)CC(F)F. The number of hydrogen-bond acceptors (Lipinski definition) is 3. The Hall–Kier alpha value is -1.99. The normalized spacial score (nSPS) is 23.1. The third kappa shape index (κ3) is 2.94. The molecule has 2 unspecified atom stereocenters. The van der Waals surface area contributed by atoms with Crippen molar-refractivity contribution in [2.75, 3.05) is 13.1 Å². The second-order valence-corrected chi connectivity index (χ2v) is 4.81. The fraction of sp³-hybridized carbons (Fsp3) is 0.583. The first-order chi connectivity index (χ1) is 9.38. The van der Waals surface area contributed by atoms with Crippen LogP contribution in [0.1, 0.15) is 12.8 Å². The molecule has 20 heavy (non-hydrogen) atoms. The van der Waals surface area contributed by atoms with Crippen molar-refractivity contribution in [2.24, 2.45) is 5.92 Å². The van der Waals surface area contributed by atoms with Gasteiger partial charge in [0.1, 0.15) is 0 Å². The Balaban J connectivity index is 1.92. The molecule has 6 nitrogen and oxygen atoms in total. The summed E-state index contributed by atoms with van der Waals surface area (Å²) in [4.78, 5) is 34.1. The molecule has 1 heterocycles. The summed E-state index contributed by atoms with van der Waals surface area (Å²) in [6.07, 6.45) is -1.72. The van der Waals surface area contributed by atoms with Crippen molar-refractivity contribution in [3.63, 3.8) is 0 Å². The van der Waals surface area contributed by atoms with Gasteiger partial charge in [0.2, 0.25) is 11.8 Å². The van der Waals surface area contributed by atoms with Gasteiger partial charge in [-0.15, -0.1) is 0 Å².